The molecule has 35 heavy (non-hydrogen) atoms. The van der Waals surface area contributed by atoms with Gasteiger partial charge in [0.25, 0.3) is 6.43 Å². The minimum absolute atomic E-state index is 0.00194. The number of sulfone groups is 1. The molecule has 0 unspecified atom stereocenters. The van der Waals surface area contributed by atoms with E-state index in [9.17, 15) is 17.2 Å². The lowest BCUT2D eigenvalue weighted by Crippen LogP contribution is -2.11. The van der Waals surface area contributed by atoms with Crippen molar-refractivity contribution >= 4 is 49.6 Å². The van der Waals surface area contributed by atoms with Crippen molar-refractivity contribution in [3.8, 4) is 22.4 Å². The van der Waals surface area contributed by atoms with Crippen molar-refractivity contribution < 1.29 is 17.2 Å². The van der Waals surface area contributed by atoms with Gasteiger partial charge in [0.15, 0.2) is 0 Å². The van der Waals surface area contributed by atoms with Crippen LogP contribution in [0.15, 0.2) is 55.1 Å². The molecule has 180 valence electrons. The molecule has 0 saturated carbocycles. The van der Waals surface area contributed by atoms with Gasteiger partial charge in [-0.3, -0.25) is 14.1 Å². The second-order valence-electron chi connectivity index (χ2n) is 8.03. The SMILES string of the molecule is CS(=O)(=O)CCn1cc(-c2cnc3ccn4c(C(F)F)c(-c5c(Cl)cccc5Cl)nc4c3c2)cn1. The molecule has 1 aromatic carbocycles. The first kappa shape index (κ1) is 23.7. The summed E-state index contributed by atoms with van der Waals surface area (Å²) in [6, 6.07) is 8.19. The van der Waals surface area contributed by atoms with Crippen molar-refractivity contribution in [3.63, 3.8) is 0 Å². The molecule has 0 atom stereocenters. The largest absolute Gasteiger partial charge is 0.297 e. The predicted octanol–water partition coefficient (Wildman–Crippen LogP) is 5.70. The average molecular weight is 536 g/mol. The number of rotatable bonds is 6. The van der Waals surface area contributed by atoms with E-state index in [0.29, 0.717) is 22.0 Å². The zero-order chi connectivity index (χ0) is 24.9. The van der Waals surface area contributed by atoms with Crippen LogP contribution < -0.4 is 0 Å². The summed E-state index contributed by atoms with van der Waals surface area (Å²) in [5.41, 5.74) is 2.13. The molecule has 0 aliphatic carbocycles. The molecule has 0 N–H and O–H groups in total. The Morgan fingerprint density at radius 3 is 2.51 bits per heavy atom. The van der Waals surface area contributed by atoms with E-state index in [1.807, 2.05) is 0 Å². The summed E-state index contributed by atoms with van der Waals surface area (Å²) >= 11 is 12.6. The minimum atomic E-state index is -3.13. The summed E-state index contributed by atoms with van der Waals surface area (Å²) in [5, 5.41) is 5.19. The number of imidazole rings is 1. The highest BCUT2D eigenvalue weighted by atomic mass is 35.5. The van der Waals surface area contributed by atoms with Crippen LogP contribution in [-0.4, -0.2) is 44.6 Å². The maximum absolute atomic E-state index is 14.2. The van der Waals surface area contributed by atoms with Crippen LogP contribution in [0.1, 0.15) is 12.1 Å². The third-order valence-corrected chi connectivity index (χ3v) is 7.11. The molecule has 0 aliphatic heterocycles. The standard InChI is InChI=1S/C23H17Cl2F2N5O2S/c1-35(33,34)8-7-31-12-14(11-29-31)13-9-15-18(28-10-13)5-6-32-21(22(26)27)20(30-23(15)32)19-16(24)3-2-4-17(19)25/h2-6,9-12,22H,7-8H2,1H3. The van der Waals surface area contributed by atoms with E-state index in [4.69, 9.17) is 23.2 Å². The molecular formula is C23H17Cl2F2N5O2S. The summed E-state index contributed by atoms with van der Waals surface area (Å²) < 4.78 is 54.2. The first-order valence-electron chi connectivity index (χ1n) is 10.4. The number of benzene rings is 1. The molecule has 0 aliphatic rings. The number of hydrogen-bond acceptors (Lipinski definition) is 5. The number of pyridine rings is 2. The number of halogens is 4. The summed E-state index contributed by atoms with van der Waals surface area (Å²) in [6.45, 7) is 0.212. The minimum Gasteiger partial charge on any atom is -0.297 e. The van der Waals surface area contributed by atoms with Gasteiger partial charge >= 0.3 is 0 Å². The van der Waals surface area contributed by atoms with Crippen molar-refractivity contribution in [2.24, 2.45) is 0 Å². The molecule has 4 aromatic heterocycles. The topological polar surface area (TPSA) is 82.2 Å². The molecule has 7 nitrogen and oxygen atoms in total. The highest BCUT2D eigenvalue weighted by Crippen LogP contribution is 2.40. The van der Waals surface area contributed by atoms with Gasteiger partial charge in [0.1, 0.15) is 26.9 Å². The fourth-order valence-corrected chi connectivity index (χ4v) is 4.98. The van der Waals surface area contributed by atoms with Gasteiger partial charge in [0.05, 0.1) is 34.1 Å². The number of aromatic nitrogens is 5. The Labute approximate surface area is 208 Å². The Kier molecular flexibility index (Phi) is 5.98. The maximum atomic E-state index is 14.2. The summed E-state index contributed by atoms with van der Waals surface area (Å²) in [4.78, 5) is 9.00. The van der Waals surface area contributed by atoms with E-state index in [1.54, 1.807) is 48.9 Å². The molecule has 0 saturated heterocycles. The quantitative estimate of drug-likeness (QED) is 0.278. The van der Waals surface area contributed by atoms with E-state index in [1.165, 1.54) is 15.3 Å². The molecular weight excluding hydrogens is 519 g/mol. The van der Waals surface area contributed by atoms with E-state index < -0.39 is 16.3 Å². The van der Waals surface area contributed by atoms with Crippen LogP contribution in [0.2, 0.25) is 10.0 Å². The van der Waals surface area contributed by atoms with Gasteiger partial charge in [0.2, 0.25) is 0 Å². The Balaban J connectivity index is 1.67. The molecule has 12 heteroatoms. The fraction of sp³-hybridized carbons (Fsp3) is 0.174. The summed E-state index contributed by atoms with van der Waals surface area (Å²) in [5.74, 6) is -0.0391. The lowest BCUT2D eigenvalue weighted by Gasteiger charge is -2.07. The van der Waals surface area contributed by atoms with E-state index in [2.05, 4.69) is 15.1 Å². The molecule has 5 rings (SSSR count). The first-order valence-corrected chi connectivity index (χ1v) is 13.2. The van der Waals surface area contributed by atoms with Crippen LogP contribution in [0.25, 0.3) is 38.9 Å². The van der Waals surface area contributed by atoms with E-state index in [0.717, 1.165) is 6.26 Å². The third-order valence-electron chi connectivity index (χ3n) is 5.55. The molecule has 0 spiro atoms. The van der Waals surface area contributed by atoms with Crippen LogP contribution in [0, 0.1) is 0 Å². The Morgan fingerprint density at radius 1 is 1.09 bits per heavy atom. The van der Waals surface area contributed by atoms with Crippen molar-refractivity contribution in [2.45, 2.75) is 13.0 Å². The number of aryl methyl sites for hydroxylation is 1. The van der Waals surface area contributed by atoms with Crippen LogP contribution in [-0.2, 0) is 16.4 Å². The van der Waals surface area contributed by atoms with E-state index in [-0.39, 0.29) is 44.9 Å². The van der Waals surface area contributed by atoms with Crippen LogP contribution in [0.4, 0.5) is 8.78 Å². The molecule has 5 aromatic rings. The van der Waals surface area contributed by atoms with Gasteiger partial charge in [-0.05, 0) is 24.3 Å². The molecule has 0 fully saturated rings. The highest BCUT2D eigenvalue weighted by Gasteiger charge is 2.26. The van der Waals surface area contributed by atoms with Crippen molar-refractivity contribution in [2.75, 3.05) is 12.0 Å². The number of fused-ring (bicyclic) bond motifs is 3. The lowest BCUT2D eigenvalue weighted by molar-refractivity contribution is 0.146. The monoisotopic (exact) mass is 535 g/mol. The van der Waals surface area contributed by atoms with Crippen molar-refractivity contribution in [1.82, 2.24) is 24.1 Å². The Bertz CT molecular complexity index is 1680. The number of alkyl halides is 2. The smallest absolute Gasteiger partial charge is 0.280 e. The van der Waals surface area contributed by atoms with Crippen LogP contribution in [0.3, 0.4) is 0 Å². The van der Waals surface area contributed by atoms with Crippen molar-refractivity contribution in [1.29, 1.82) is 0 Å². The van der Waals surface area contributed by atoms with Gasteiger partial charge < -0.3 is 0 Å². The predicted molar refractivity (Wildman–Crippen MR) is 132 cm³/mol. The number of hydrogen-bond donors (Lipinski definition) is 0. The average Bonchev–Trinajstić information content (AvgIpc) is 3.42. The first-order chi connectivity index (χ1) is 16.6. The normalized spacial score (nSPS) is 12.3. The van der Waals surface area contributed by atoms with Gasteiger partial charge in [-0.2, -0.15) is 5.10 Å². The second kappa shape index (κ2) is 8.85. The Morgan fingerprint density at radius 2 is 1.83 bits per heavy atom. The molecule has 0 radical (unpaired) electrons. The fourth-order valence-electron chi connectivity index (χ4n) is 3.89. The molecule has 4 heterocycles. The zero-order valence-corrected chi connectivity index (χ0v) is 20.5. The zero-order valence-electron chi connectivity index (χ0n) is 18.2. The van der Waals surface area contributed by atoms with Crippen molar-refractivity contribution in [3.05, 3.63) is 70.9 Å². The van der Waals surface area contributed by atoms with Gasteiger partial charge in [0, 0.05) is 46.9 Å². The van der Waals surface area contributed by atoms with E-state index >= 15 is 0 Å². The second-order valence-corrected chi connectivity index (χ2v) is 11.1. The lowest BCUT2D eigenvalue weighted by atomic mass is 10.1. The highest BCUT2D eigenvalue weighted by molar-refractivity contribution is 7.90. The maximum Gasteiger partial charge on any atom is 0.280 e. The summed E-state index contributed by atoms with van der Waals surface area (Å²) in [7, 11) is -3.13. The van der Waals surface area contributed by atoms with Gasteiger partial charge in [-0.1, -0.05) is 29.3 Å². The van der Waals surface area contributed by atoms with Crippen LogP contribution in [0.5, 0.6) is 0 Å². The Hall–Kier alpha value is -3.08. The van der Waals surface area contributed by atoms with Gasteiger partial charge in [-0.15, -0.1) is 0 Å². The molecule has 0 amide bonds. The van der Waals surface area contributed by atoms with Crippen LogP contribution >= 0.6 is 23.2 Å². The van der Waals surface area contributed by atoms with Gasteiger partial charge in [-0.25, -0.2) is 22.2 Å². The third kappa shape index (κ3) is 4.49. The summed E-state index contributed by atoms with van der Waals surface area (Å²) in [6.07, 6.45) is 4.76. The molecule has 0 bridgehead atoms. The number of nitrogens with zero attached hydrogens (tertiary/aromatic N) is 5.